The van der Waals surface area contributed by atoms with Crippen LogP contribution in [0.4, 0.5) is 0 Å². The first-order valence-corrected chi connectivity index (χ1v) is 7.79. The summed E-state index contributed by atoms with van der Waals surface area (Å²) in [5.74, 6) is 0.0547. The van der Waals surface area contributed by atoms with Gasteiger partial charge in [-0.15, -0.1) is 0 Å². The summed E-state index contributed by atoms with van der Waals surface area (Å²) in [6.07, 6.45) is 4.06. The highest BCUT2D eigenvalue weighted by molar-refractivity contribution is 5.93. The molecule has 0 saturated carbocycles. The standard InChI is InChI=1S/C17H24O4/c1-5-20-17(19)15-14(10(2)3)12-8-6-7-9-13(12)16(15)21-11(4)18/h10,14H,5-9H2,1-4H3. The maximum absolute atomic E-state index is 12.4. The molecule has 0 aromatic rings. The fourth-order valence-electron chi connectivity index (χ4n) is 3.43. The number of rotatable bonds is 4. The highest BCUT2D eigenvalue weighted by Crippen LogP contribution is 2.48. The topological polar surface area (TPSA) is 52.6 Å². The summed E-state index contributed by atoms with van der Waals surface area (Å²) in [6.45, 7) is 7.68. The fourth-order valence-corrected chi connectivity index (χ4v) is 3.43. The molecule has 21 heavy (non-hydrogen) atoms. The zero-order chi connectivity index (χ0) is 15.6. The molecule has 2 rings (SSSR count). The molecule has 4 heteroatoms. The number of carbonyl (C=O) groups is 2. The summed E-state index contributed by atoms with van der Waals surface area (Å²) in [6, 6.07) is 0. The number of ether oxygens (including phenoxy) is 2. The number of carbonyl (C=O) groups excluding carboxylic acids is 2. The Morgan fingerprint density at radius 1 is 1.24 bits per heavy atom. The molecule has 2 aliphatic rings. The van der Waals surface area contributed by atoms with E-state index in [-0.39, 0.29) is 23.8 Å². The van der Waals surface area contributed by atoms with Crippen molar-refractivity contribution < 1.29 is 19.1 Å². The molecule has 0 bridgehead atoms. The van der Waals surface area contributed by atoms with Crippen LogP contribution in [0.3, 0.4) is 0 Å². The molecule has 0 amide bonds. The second-order valence-corrected chi connectivity index (χ2v) is 5.99. The van der Waals surface area contributed by atoms with Gasteiger partial charge in [0.2, 0.25) is 0 Å². The van der Waals surface area contributed by atoms with Crippen LogP contribution < -0.4 is 0 Å². The normalized spacial score (nSPS) is 21.7. The van der Waals surface area contributed by atoms with Gasteiger partial charge in [-0.25, -0.2) is 4.79 Å². The van der Waals surface area contributed by atoms with Crippen molar-refractivity contribution in [2.24, 2.45) is 11.8 Å². The Bertz CT molecular complexity index is 511. The lowest BCUT2D eigenvalue weighted by atomic mass is 9.80. The Morgan fingerprint density at radius 3 is 2.48 bits per heavy atom. The van der Waals surface area contributed by atoms with Crippen LogP contribution in [0, 0.1) is 11.8 Å². The smallest absolute Gasteiger partial charge is 0.338 e. The van der Waals surface area contributed by atoms with E-state index < -0.39 is 0 Å². The minimum atomic E-state index is -0.381. The van der Waals surface area contributed by atoms with Crippen molar-refractivity contribution in [2.45, 2.75) is 53.4 Å². The Balaban J connectivity index is 2.50. The van der Waals surface area contributed by atoms with Crippen LogP contribution in [-0.2, 0) is 19.1 Å². The van der Waals surface area contributed by atoms with Gasteiger partial charge in [0.15, 0.2) is 0 Å². The van der Waals surface area contributed by atoms with E-state index in [1.165, 1.54) is 12.5 Å². The lowest BCUT2D eigenvalue weighted by molar-refractivity contribution is -0.140. The maximum atomic E-state index is 12.4. The van der Waals surface area contributed by atoms with Gasteiger partial charge in [-0.2, -0.15) is 0 Å². The minimum Gasteiger partial charge on any atom is -0.463 e. The summed E-state index contributed by atoms with van der Waals surface area (Å²) in [5, 5.41) is 0. The van der Waals surface area contributed by atoms with E-state index in [0.717, 1.165) is 31.3 Å². The lowest BCUT2D eigenvalue weighted by Gasteiger charge is -2.24. The van der Waals surface area contributed by atoms with Crippen LogP contribution in [0.2, 0.25) is 0 Å². The van der Waals surface area contributed by atoms with Gasteiger partial charge in [-0.05, 0) is 44.1 Å². The van der Waals surface area contributed by atoms with Crippen molar-refractivity contribution in [3.05, 3.63) is 22.5 Å². The van der Waals surface area contributed by atoms with Gasteiger partial charge in [-0.3, -0.25) is 4.79 Å². The van der Waals surface area contributed by atoms with E-state index in [2.05, 4.69) is 13.8 Å². The summed E-state index contributed by atoms with van der Waals surface area (Å²) in [5.41, 5.74) is 2.89. The van der Waals surface area contributed by atoms with Crippen molar-refractivity contribution in [3.63, 3.8) is 0 Å². The van der Waals surface area contributed by atoms with Crippen LogP contribution in [0.15, 0.2) is 22.5 Å². The van der Waals surface area contributed by atoms with Crippen molar-refractivity contribution in [2.75, 3.05) is 6.61 Å². The molecule has 0 radical (unpaired) electrons. The third-order valence-corrected chi connectivity index (χ3v) is 4.12. The van der Waals surface area contributed by atoms with E-state index in [1.54, 1.807) is 6.92 Å². The molecule has 0 fully saturated rings. The first-order valence-electron chi connectivity index (χ1n) is 7.79. The van der Waals surface area contributed by atoms with Crippen molar-refractivity contribution in [1.29, 1.82) is 0 Å². The average Bonchev–Trinajstić information content (AvgIpc) is 2.73. The van der Waals surface area contributed by atoms with Crippen molar-refractivity contribution in [1.82, 2.24) is 0 Å². The van der Waals surface area contributed by atoms with Gasteiger partial charge in [0, 0.05) is 12.8 Å². The predicted octanol–water partition coefficient (Wildman–Crippen LogP) is 3.52. The van der Waals surface area contributed by atoms with Gasteiger partial charge < -0.3 is 9.47 Å². The summed E-state index contributed by atoms with van der Waals surface area (Å²) >= 11 is 0. The largest absolute Gasteiger partial charge is 0.463 e. The van der Waals surface area contributed by atoms with Gasteiger partial charge in [0.1, 0.15) is 5.76 Å². The zero-order valence-electron chi connectivity index (χ0n) is 13.3. The molecule has 1 atom stereocenters. The molecule has 4 nitrogen and oxygen atoms in total. The minimum absolute atomic E-state index is 0.0219. The Kier molecular flexibility index (Phi) is 4.86. The summed E-state index contributed by atoms with van der Waals surface area (Å²) in [7, 11) is 0. The van der Waals surface area contributed by atoms with E-state index in [9.17, 15) is 9.59 Å². The molecule has 0 N–H and O–H groups in total. The van der Waals surface area contributed by atoms with Gasteiger partial charge in [-0.1, -0.05) is 19.4 Å². The molecule has 0 spiro atoms. The van der Waals surface area contributed by atoms with E-state index in [4.69, 9.17) is 9.47 Å². The second-order valence-electron chi connectivity index (χ2n) is 5.99. The Labute approximate surface area is 126 Å². The third kappa shape index (κ3) is 3.04. The van der Waals surface area contributed by atoms with Crippen molar-refractivity contribution >= 4 is 11.9 Å². The van der Waals surface area contributed by atoms with E-state index >= 15 is 0 Å². The first kappa shape index (κ1) is 15.8. The maximum Gasteiger partial charge on any atom is 0.338 e. The van der Waals surface area contributed by atoms with Crippen molar-refractivity contribution in [3.8, 4) is 0 Å². The molecule has 1 unspecified atom stereocenters. The quantitative estimate of drug-likeness (QED) is 0.744. The number of hydrogen-bond donors (Lipinski definition) is 0. The lowest BCUT2D eigenvalue weighted by Crippen LogP contribution is -2.21. The molecule has 0 aliphatic heterocycles. The zero-order valence-corrected chi connectivity index (χ0v) is 13.3. The third-order valence-electron chi connectivity index (χ3n) is 4.12. The van der Waals surface area contributed by atoms with Crippen LogP contribution in [0.5, 0.6) is 0 Å². The highest BCUT2D eigenvalue weighted by atomic mass is 16.5. The number of allylic oxidation sites excluding steroid dienone is 2. The Morgan fingerprint density at radius 2 is 1.90 bits per heavy atom. The van der Waals surface area contributed by atoms with Gasteiger partial charge >= 0.3 is 11.9 Å². The predicted molar refractivity (Wildman–Crippen MR) is 79.2 cm³/mol. The molecule has 116 valence electrons. The van der Waals surface area contributed by atoms with E-state index in [1.807, 2.05) is 0 Å². The molecule has 2 aliphatic carbocycles. The van der Waals surface area contributed by atoms with Gasteiger partial charge in [0.25, 0.3) is 0 Å². The monoisotopic (exact) mass is 292 g/mol. The average molecular weight is 292 g/mol. The van der Waals surface area contributed by atoms with Gasteiger partial charge in [0.05, 0.1) is 12.2 Å². The molecular formula is C17H24O4. The first-order chi connectivity index (χ1) is 9.97. The highest BCUT2D eigenvalue weighted by Gasteiger charge is 2.41. The second kappa shape index (κ2) is 6.46. The fraction of sp³-hybridized carbons (Fsp3) is 0.647. The van der Waals surface area contributed by atoms with E-state index in [0.29, 0.717) is 17.9 Å². The van der Waals surface area contributed by atoms with Crippen LogP contribution in [0.25, 0.3) is 0 Å². The molecule has 0 saturated heterocycles. The number of esters is 2. The van der Waals surface area contributed by atoms with Crippen LogP contribution in [0.1, 0.15) is 53.4 Å². The van der Waals surface area contributed by atoms with Crippen LogP contribution >= 0.6 is 0 Å². The molecule has 0 aromatic heterocycles. The summed E-state index contributed by atoms with van der Waals surface area (Å²) in [4.78, 5) is 23.8. The summed E-state index contributed by atoms with van der Waals surface area (Å²) < 4.78 is 10.6. The SMILES string of the molecule is CCOC(=O)C1=C(OC(C)=O)C2=C(CCCC2)C1C(C)C. The number of hydrogen-bond acceptors (Lipinski definition) is 4. The molecule has 0 heterocycles. The van der Waals surface area contributed by atoms with Crippen LogP contribution in [-0.4, -0.2) is 18.5 Å². The molecular weight excluding hydrogens is 268 g/mol. The molecule has 0 aromatic carbocycles. The Hall–Kier alpha value is -1.58.